The van der Waals surface area contributed by atoms with E-state index in [4.69, 9.17) is 0 Å². The first-order valence-electron chi connectivity index (χ1n) is 4.74. The topological polar surface area (TPSA) is 36.8 Å². The van der Waals surface area contributed by atoms with Crippen LogP contribution in [0.2, 0.25) is 0 Å². The molecule has 1 N–H and O–H groups in total. The molecule has 0 radical (unpaired) electrons. The van der Waals surface area contributed by atoms with Crippen LogP contribution in [0.3, 0.4) is 0 Å². The van der Waals surface area contributed by atoms with Gasteiger partial charge in [-0.2, -0.15) is 10.2 Å². The van der Waals surface area contributed by atoms with Crippen LogP contribution < -0.4 is 5.32 Å². The Morgan fingerprint density at radius 2 is 2.00 bits per heavy atom. The highest BCUT2D eigenvalue weighted by Gasteiger charge is 2.09. The van der Waals surface area contributed by atoms with E-state index < -0.39 is 0 Å². The molecule has 3 nitrogen and oxygen atoms in total. The molecule has 0 rings (SSSR count). The van der Waals surface area contributed by atoms with Crippen LogP contribution in [-0.4, -0.2) is 19.8 Å². The van der Waals surface area contributed by atoms with Crippen LogP contribution in [0, 0.1) is 5.92 Å². The van der Waals surface area contributed by atoms with Crippen LogP contribution in [0.15, 0.2) is 10.2 Å². The molecule has 0 saturated carbocycles. The summed E-state index contributed by atoms with van der Waals surface area (Å²) in [5, 5.41) is 11.3. The summed E-state index contributed by atoms with van der Waals surface area (Å²) in [5.41, 5.74) is 0. The van der Waals surface area contributed by atoms with Gasteiger partial charge < -0.3 is 0 Å². The number of nitrogens with zero attached hydrogens (tertiary/aromatic N) is 2. The smallest absolute Gasteiger partial charge is 0.123 e. The highest BCUT2D eigenvalue weighted by Crippen LogP contribution is 2.03. The van der Waals surface area contributed by atoms with Crippen LogP contribution in [0.5, 0.6) is 0 Å². The van der Waals surface area contributed by atoms with Crippen molar-refractivity contribution in [2.75, 3.05) is 13.6 Å². The van der Waals surface area contributed by atoms with Gasteiger partial charge in [-0.05, 0) is 18.9 Å². The van der Waals surface area contributed by atoms with Crippen molar-refractivity contribution in [3.05, 3.63) is 0 Å². The molecule has 72 valence electrons. The van der Waals surface area contributed by atoms with Crippen molar-refractivity contribution < 1.29 is 0 Å². The zero-order chi connectivity index (χ0) is 9.40. The molecular weight excluding hydrogens is 150 g/mol. The van der Waals surface area contributed by atoms with Crippen molar-refractivity contribution in [3.8, 4) is 0 Å². The second-order valence-electron chi connectivity index (χ2n) is 3.31. The molecule has 1 atom stereocenters. The zero-order valence-corrected chi connectivity index (χ0v) is 8.67. The van der Waals surface area contributed by atoms with Gasteiger partial charge in [0.05, 0.1) is 0 Å². The second-order valence-corrected chi connectivity index (χ2v) is 3.31. The van der Waals surface area contributed by atoms with Gasteiger partial charge in [0.25, 0.3) is 0 Å². The monoisotopic (exact) mass is 171 g/mol. The first-order valence-corrected chi connectivity index (χ1v) is 4.74. The fourth-order valence-corrected chi connectivity index (χ4v) is 0.961. The Morgan fingerprint density at radius 1 is 1.33 bits per heavy atom. The molecule has 0 aromatic heterocycles. The lowest BCUT2D eigenvalue weighted by atomic mass is 10.1. The van der Waals surface area contributed by atoms with E-state index in [1.54, 1.807) is 7.05 Å². The number of unbranched alkanes of at least 4 members (excludes halogenated alkanes) is 1. The molecule has 3 heteroatoms. The highest BCUT2D eigenvalue weighted by atomic mass is 15.2. The van der Waals surface area contributed by atoms with E-state index in [-0.39, 0.29) is 6.17 Å². The Balaban J connectivity index is 3.64. The van der Waals surface area contributed by atoms with Crippen molar-refractivity contribution in [1.29, 1.82) is 0 Å². The summed E-state index contributed by atoms with van der Waals surface area (Å²) < 4.78 is 0. The summed E-state index contributed by atoms with van der Waals surface area (Å²) in [7, 11) is 1.72. The van der Waals surface area contributed by atoms with Crippen molar-refractivity contribution >= 4 is 0 Å². The van der Waals surface area contributed by atoms with E-state index in [9.17, 15) is 0 Å². The van der Waals surface area contributed by atoms with E-state index in [1.807, 2.05) is 0 Å². The number of hydrogen-bond donors (Lipinski definition) is 1. The number of azo groups is 1. The molecule has 1 unspecified atom stereocenters. The maximum Gasteiger partial charge on any atom is 0.123 e. The maximum absolute atomic E-state index is 4.11. The number of nitrogens with one attached hydrogen (secondary N) is 1. The van der Waals surface area contributed by atoms with Crippen LogP contribution in [-0.2, 0) is 0 Å². The molecule has 0 bridgehead atoms. The average Bonchev–Trinajstić information content (AvgIpc) is 2.03. The normalized spacial score (nSPS) is 14.4. The SMILES string of the molecule is CCCCNC(N=NC)C(C)C. The molecule has 0 aliphatic heterocycles. The first-order chi connectivity index (χ1) is 5.72. The fraction of sp³-hybridized carbons (Fsp3) is 1.00. The molecule has 0 aliphatic rings. The van der Waals surface area contributed by atoms with E-state index >= 15 is 0 Å². The summed E-state index contributed by atoms with van der Waals surface area (Å²) in [6.45, 7) is 7.53. The van der Waals surface area contributed by atoms with Gasteiger partial charge in [0.2, 0.25) is 0 Å². The summed E-state index contributed by atoms with van der Waals surface area (Å²) in [6.07, 6.45) is 2.63. The summed E-state index contributed by atoms with van der Waals surface area (Å²) in [6, 6.07) is 0. The average molecular weight is 171 g/mol. The van der Waals surface area contributed by atoms with Gasteiger partial charge in [-0.1, -0.05) is 27.2 Å². The molecule has 0 heterocycles. The third-order valence-electron chi connectivity index (χ3n) is 1.76. The Kier molecular flexibility index (Phi) is 6.96. The first kappa shape index (κ1) is 11.6. The number of rotatable bonds is 6. The van der Waals surface area contributed by atoms with Crippen LogP contribution in [0.25, 0.3) is 0 Å². The van der Waals surface area contributed by atoms with E-state index in [0.717, 1.165) is 6.54 Å². The third-order valence-corrected chi connectivity index (χ3v) is 1.76. The second kappa shape index (κ2) is 7.22. The quantitative estimate of drug-likeness (QED) is 0.483. The predicted molar refractivity (Wildman–Crippen MR) is 52.3 cm³/mol. The van der Waals surface area contributed by atoms with Crippen LogP contribution >= 0.6 is 0 Å². The molecule has 12 heavy (non-hydrogen) atoms. The Hall–Kier alpha value is -0.440. The number of hydrogen-bond acceptors (Lipinski definition) is 3. The minimum Gasteiger partial charge on any atom is -0.294 e. The Morgan fingerprint density at radius 3 is 2.42 bits per heavy atom. The molecule has 0 aromatic rings. The molecule has 0 spiro atoms. The predicted octanol–water partition coefficient (Wildman–Crippen LogP) is 2.44. The van der Waals surface area contributed by atoms with Gasteiger partial charge >= 0.3 is 0 Å². The molecule has 0 amide bonds. The standard InChI is InChI=1S/C9H21N3/c1-5-6-7-11-9(8(2)3)12-10-4/h8-9,11H,5-7H2,1-4H3. The van der Waals surface area contributed by atoms with Crippen molar-refractivity contribution in [1.82, 2.24) is 5.32 Å². The highest BCUT2D eigenvalue weighted by molar-refractivity contribution is 4.65. The summed E-state index contributed by atoms with van der Waals surface area (Å²) >= 11 is 0. The molecule has 0 saturated heterocycles. The van der Waals surface area contributed by atoms with Crippen molar-refractivity contribution in [3.63, 3.8) is 0 Å². The van der Waals surface area contributed by atoms with Gasteiger partial charge in [-0.15, -0.1) is 0 Å². The van der Waals surface area contributed by atoms with Gasteiger partial charge in [-0.3, -0.25) is 5.32 Å². The lowest BCUT2D eigenvalue weighted by Gasteiger charge is -2.16. The summed E-state index contributed by atoms with van der Waals surface area (Å²) in [5.74, 6) is 0.519. The molecular formula is C9H21N3. The minimum absolute atomic E-state index is 0.196. The van der Waals surface area contributed by atoms with Crippen LogP contribution in [0.4, 0.5) is 0 Å². The van der Waals surface area contributed by atoms with Crippen LogP contribution in [0.1, 0.15) is 33.6 Å². The molecule has 0 aromatic carbocycles. The third kappa shape index (κ3) is 5.24. The Labute approximate surface area is 75.7 Å². The molecule has 0 aliphatic carbocycles. The van der Waals surface area contributed by atoms with Crippen molar-refractivity contribution in [2.45, 2.75) is 39.8 Å². The van der Waals surface area contributed by atoms with Gasteiger partial charge in [-0.25, -0.2) is 0 Å². The van der Waals surface area contributed by atoms with Gasteiger partial charge in [0.15, 0.2) is 0 Å². The van der Waals surface area contributed by atoms with Gasteiger partial charge in [0, 0.05) is 7.05 Å². The lowest BCUT2D eigenvalue weighted by molar-refractivity contribution is 0.395. The largest absolute Gasteiger partial charge is 0.294 e. The summed E-state index contributed by atoms with van der Waals surface area (Å²) in [4.78, 5) is 0. The fourth-order valence-electron chi connectivity index (χ4n) is 0.961. The minimum atomic E-state index is 0.196. The van der Waals surface area contributed by atoms with E-state index in [1.165, 1.54) is 12.8 Å². The lowest BCUT2D eigenvalue weighted by Crippen LogP contribution is -2.32. The molecule has 0 fully saturated rings. The van der Waals surface area contributed by atoms with Gasteiger partial charge in [0.1, 0.15) is 6.17 Å². The van der Waals surface area contributed by atoms with E-state index in [0.29, 0.717) is 5.92 Å². The van der Waals surface area contributed by atoms with E-state index in [2.05, 4.69) is 36.3 Å². The van der Waals surface area contributed by atoms with Crippen molar-refractivity contribution in [2.24, 2.45) is 16.1 Å². The Bertz CT molecular complexity index is 121. The maximum atomic E-state index is 4.11. The zero-order valence-electron chi connectivity index (χ0n) is 8.67.